The van der Waals surface area contributed by atoms with Gasteiger partial charge in [0, 0.05) is 0 Å². The molecule has 0 heterocycles. The van der Waals surface area contributed by atoms with Gasteiger partial charge in [-0.1, -0.05) is 30.3 Å². The van der Waals surface area contributed by atoms with Gasteiger partial charge in [0.2, 0.25) is 0 Å². The third-order valence-electron chi connectivity index (χ3n) is 1.30. The van der Waals surface area contributed by atoms with Crippen LogP contribution in [0.2, 0.25) is 0 Å². The second-order valence-electron chi connectivity index (χ2n) is 2.18. The zero-order valence-corrected chi connectivity index (χ0v) is 6.23. The fraction of sp³-hybridized carbons (Fsp3) is 0.333. The van der Waals surface area contributed by atoms with Crippen LogP contribution >= 0.6 is 0 Å². The van der Waals surface area contributed by atoms with E-state index in [0.29, 0.717) is 6.61 Å². The standard InChI is InChI=1S/C9H12O2/c10-6-7-11-8-9-4-2-1-3-5-9/h1-5,10H,6-8H2/i6T. The lowest BCUT2D eigenvalue weighted by Gasteiger charge is -2.00. The largest absolute Gasteiger partial charge is 0.394 e. The molecular formula is C9H12O2. The summed E-state index contributed by atoms with van der Waals surface area (Å²) in [6, 6.07) is 9.67. The molecule has 11 heavy (non-hydrogen) atoms. The van der Waals surface area contributed by atoms with Crippen molar-refractivity contribution in [3.05, 3.63) is 35.9 Å². The Morgan fingerprint density at radius 2 is 2.09 bits per heavy atom. The van der Waals surface area contributed by atoms with Crippen molar-refractivity contribution in [1.82, 2.24) is 0 Å². The van der Waals surface area contributed by atoms with Crippen molar-refractivity contribution < 1.29 is 11.2 Å². The van der Waals surface area contributed by atoms with Gasteiger partial charge in [-0.3, -0.25) is 0 Å². The van der Waals surface area contributed by atoms with Gasteiger partial charge in [0.25, 0.3) is 0 Å². The van der Waals surface area contributed by atoms with Crippen molar-refractivity contribution in [3.8, 4) is 0 Å². The summed E-state index contributed by atoms with van der Waals surface area (Å²) in [7, 11) is 0. The van der Waals surface area contributed by atoms with Crippen LogP contribution in [0.25, 0.3) is 0 Å². The molecule has 0 aromatic heterocycles. The molecular weight excluding hydrogens is 140 g/mol. The minimum absolute atomic E-state index is 0.0644. The van der Waals surface area contributed by atoms with E-state index in [1.165, 1.54) is 0 Å². The van der Waals surface area contributed by atoms with E-state index in [4.69, 9.17) is 11.2 Å². The predicted octanol–water partition coefficient (Wildman–Crippen LogP) is 1.20. The van der Waals surface area contributed by atoms with Gasteiger partial charge in [0.15, 0.2) is 0 Å². The highest BCUT2D eigenvalue weighted by molar-refractivity contribution is 5.13. The molecule has 1 rings (SSSR count). The maximum atomic E-state index is 8.57. The van der Waals surface area contributed by atoms with E-state index in [9.17, 15) is 0 Å². The lowest BCUT2D eigenvalue weighted by Crippen LogP contribution is -1.98. The number of hydrogen-bond acceptors (Lipinski definition) is 2. The maximum Gasteiger partial charge on any atom is 0.0718 e. The minimum atomic E-state index is -1.13. The Labute approximate surface area is 67.8 Å². The summed E-state index contributed by atoms with van der Waals surface area (Å²) in [5, 5.41) is 8.57. The lowest BCUT2D eigenvalue weighted by molar-refractivity contribution is 0.0815. The zero-order valence-electron chi connectivity index (χ0n) is 7.23. The third kappa shape index (κ3) is 3.16. The highest BCUT2D eigenvalue weighted by Crippen LogP contribution is 1.99. The molecule has 0 aliphatic heterocycles. The number of benzene rings is 1. The van der Waals surface area contributed by atoms with Crippen LogP contribution in [0.1, 0.15) is 6.93 Å². The molecule has 0 aliphatic rings. The topological polar surface area (TPSA) is 29.5 Å². The van der Waals surface area contributed by atoms with Crippen molar-refractivity contribution >= 4 is 0 Å². The molecule has 0 amide bonds. The van der Waals surface area contributed by atoms with Gasteiger partial charge in [-0.2, -0.15) is 0 Å². The van der Waals surface area contributed by atoms with Crippen LogP contribution in [-0.2, 0) is 11.3 Å². The summed E-state index contributed by atoms with van der Waals surface area (Å²) in [6.45, 7) is -0.611. The molecule has 1 unspecified atom stereocenters. The number of aliphatic hydroxyl groups is 1. The minimum Gasteiger partial charge on any atom is -0.394 e. The monoisotopic (exact) mass is 154 g/mol. The van der Waals surface area contributed by atoms with E-state index in [0.717, 1.165) is 5.56 Å². The van der Waals surface area contributed by atoms with Gasteiger partial charge in [-0.05, 0) is 5.56 Å². The van der Waals surface area contributed by atoms with Crippen molar-refractivity contribution in [2.45, 2.75) is 6.61 Å². The Morgan fingerprint density at radius 1 is 1.36 bits per heavy atom. The van der Waals surface area contributed by atoms with Crippen molar-refractivity contribution in [2.24, 2.45) is 0 Å². The van der Waals surface area contributed by atoms with Crippen molar-refractivity contribution in [3.63, 3.8) is 0 Å². The molecule has 2 nitrogen and oxygen atoms in total. The molecule has 0 aliphatic carbocycles. The third-order valence-corrected chi connectivity index (χ3v) is 1.30. The average molecular weight is 154 g/mol. The molecule has 0 saturated heterocycles. The number of aliphatic hydroxyl groups excluding tert-OH is 1. The first-order valence-corrected chi connectivity index (χ1v) is 3.51. The molecule has 0 saturated carbocycles. The van der Waals surface area contributed by atoms with E-state index in [1.807, 2.05) is 30.3 Å². The molecule has 2 heteroatoms. The highest BCUT2D eigenvalue weighted by atomic mass is 16.5. The van der Waals surface area contributed by atoms with Crippen LogP contribution in [0.5, 0.6) is 0 Å². The van der Waals surface area contributed by atoms with Gasteiger partial charge in [0.05, 0.1) is 21.2 Å². The number of ether oxygens (including phenoxy) is 1. The Bertz CT molecular complexity index is 211. The van der Waals surface area contributed by atoms with E-state index < -0.39 is 6.58 Å². The zero-order chi connectivity index (χ0) is 8.81. The summed E-state index contributed by atoms with van der Waals surface area (Å²) >= 11 is 0. The van der Waals surface area contributed by atoms with Gasteiger partial charge in [0.1, 0.15) is 0 Å². The van der Waals surface area contributed by atoms with Gasteiger partial charge in [-0.15, -0.1) is 0 Å². The second-order valence-corrected chi connectivity index (χ2v) is 2.18. The van der Waals surface area contributed by atoms with Gasteiger partial charge in [-0.25, -0.2) is 0 Å². The fourth-order valence-electron chi connectivity index (χ4n) is 0.804. The van der Waals surface area contributed by atoms with E-state index in [1.54, 1.807) is 0 Å². The first-order chi connectivity index (χ1) is 5.79. The fourth-order valence-corrected chi connectivity index (χ4v) is 0.804. The first-order valence-electron chi connectivity index (χ1n) is 4.09. The smallest absolute Gasteiger partial charge is 0.0718 e. The summed E-state index contributed by atoms with van der Waals surface area (Å²) < 4.78 is 11.8. The molecule has 1 aromatic rings. The highest BCUT2D eigenvalue weighted by Gasteiger charge is 1.88. The SMILES string of the molecule is [3H]C(O)COCc1ccccc1. The molecule has 60 valence electrons. The van der Waals surface area contributed by atoms with Crippen LogP contribution in [0.4, 0.5) is 0 Å². The van der Waals surface area contributed by atoms with Crippen LogP contribution in [-0.4, -0.2) is 18.3 Å². The second kappa shape index (κ2) is 4.88. The van der Waals surface area contributed by atoms with Crippen LogP contribution in [0.15, 0.2) is 30.3 Å². The van der Waals surface area contributed by atoms with Crippen molar-refractivity contribution in [1.29, 1.82) is 0 Å². The number of rotatable bonds is 4. The molecule has 0 radical (unpaired) electrons. The van der Waals surface area contributed by atoms with Crippen LogP contribution < -0.4 is 0 Å². The van der Waals surface area contributed by atoms with Crippen LogP contribution in [0, 0.1) is 0 Å². The van der Waals surface area contributed by atoms with Gasteiger partial charge < -0.3 is 9.84 Å². The summed E-state index contributed by atoms with van der Waals surface area (Å²) in [5.41, 5.74) is 1.05. The Kier molecular flexibility index (Phi) is 3.03. The molecule has 0 spiro atoms. The lowest BCUT2D eigenvalue weighted by atomic mass is 10.2. The molecule has 1 atom stereocenters. The normalized spacial score (nSPS) is 14.1. The molecule has 1 aromatic carbocycles. The Balaban J connectivity index is 2.25. The first kappa shape index (κ1) is 6.83. The van der Waals surface area contributed by atoms with E-state index >= 15 is 0 Å². The maximum absolute atomic E-state index is 8.57. The number of hydrogen-bond donors (Lipinski definition) is 1. The molecule has 0 bridgehead atoms. The van der Waals surface area contributed by atoms with Crippen molar-refractivity contribution in [2.75, 3.05) is 13.2 Å². The summed E-state index contributed by atoms with van der Waals surface area (Å²) in [5.74, 6) is 0. The average Bonchev–Trinajstić information content (AvgIpc) is 2.05. The summed E-state index contributed by atoms with van der Waals surface area (Å²) in [6.07, 6.45) is 0. The Morgan fingerprint density at radius 3 is 2.73 bits per heavy atom. The van der Waals surface area contributed by atoms with Crippen LogP contribution in [0.3, 0.4) is 0 Å². The van der Waals surface area contributed by atoms with E-state index in [2.05, 4.69) is 0 Å². The Hall–Kier alpha value is -0.860. The summed E-state index contributed by atoms with van der Waals surface area (Å²) in [4.78, 5) is 0. The van der Waals surface area contributed by atoms with Gasteiger partial charge >= 0.3 is 0 Å². The predicted molar refractivity (Wildman–Crippen MR) is 43.2 cm³/mol. The molecule has 1 N–H and O–H groups in total. The molecule has 0 fully saturated rings. The van der Waals surface area contributed by atoms with E-state index in [-0.39, 0.29) is 6.61 Å². The quantitative estimate of drug-likeness (QED) is 0.706.